The van der Waals surface area contributed by atoms with Crippen molar-refractivity contribution in [2.45, 2.75) is 264 Å². The lowest BCUT2D eigenvalue weighted by Crippen LogP contribution is -2.30. The quantitative estimate of drug-likeness (QED) is 0.0262. The number of carbonyl (C=O) groups excluding carboxylic acids is 3. The summed E-state index contributed by atoms with van der Waals surface area (Å²) in [5.74, 6) is -0.970. The molecule has 66 heavy (non-hydrogen) atoms. The first-order valence-electron chi connectivity index (χ1n) is 27.6. The number of esters is 3. The van der Waals surface area contributed by atoms with Gasteiger partial charge in [0.2, 0.25) is 0 Å². The Labute approximate surface area is 407 Å². The van der Waals surface area contributed by atoms with Gasteiger partial charge in [0.1, 0.15) is 13.2 Å². The zero-order valence-corrected chi connectivity index (χ0v) is 43.2. The van der Waals surface area contributed by atoms with Crippen molar-refractivity contribution in [1.29, 1.82) is 0 Å². The van der Waals surface area contributed by atoms with Gasteiger partial charge in [-0.15, -0.1) is 0 Å². The minimum atomic E-state index is -0.805. The van der Waals surface area contributed by atoms with E-state index >= 15 is 0 Å². The summed E-state index contributed by atoms with van der Waals surface area (Å²) in [7, 11) is 0. The molecule has 0 bridgehead atoms. The normalized spacial score (nSPS) is 12.7. The van der Waals surface area contributed by atoms with Crippen molar-refractivity contribution >= 4 is 17.9 Å². The molecule has 0 rings (SSSR count). The van der Waals surface area contributed by atoms with Gasteiger partial charge >= 0.3 is 17.9 Å². The fourth-order valence-corrected chi connectivity index (χ4v) is 7.47. The average molecular weight is 919 g/mol. The van der Waals surface area contributed by atoms with Gasteiger partial charge in [-0.2, -0.15) is 0 Å². The highest BCUT2D eigenvalue weighted by atomic mass is 16.6. The van der Waals surface area contributed by atoms with Crippen LogP contribution in [0.2, 0.25) is 0 Å². The fourth-order valence-electron chi connectivity index (χ4n) is 7.47. The van der Waals surface area contributed by atoms with E-state index in [4.69, 9.17) is 14.2 Å². The first-order chi connectivity index (χ1) is 32.5. The molecule has 0 aliphatic heterocycles. The highest BCUT2D eigenvalue weighted by Crippen LogP contribution is 2.14. The van der Waals surface area contributed by atoms with Gasteiger partial charge in [0, 0.05) is 19.3 Å². The molecule has 0 radical (unpaired) electrons. The van der Waals surface area contributed by atoms with Crippen molar-refractivity contribution < 1.29 is 28.6 Å². The van der Waals surface area contributed by atoms with Gasteiger partial charge < -0.3 is 14.2 Å². The molecule has 378 valence electrons. The molecule has 0 aliphatic rings. The second-order valence-electron chi connectivity index (χ2n) is 18.1. The zero-order valence-electron chi connectivity index (χ0n) is 43.2. The van der Waals surface area contributed by atoms with Crippen LogP contribution in [0.25, 0.3) is 0 Å². The van der Waals surface area contributed by atoms with E-state index in [1.807, 2.05) is 0 Å². The summed E-state index contributed by atoms with van der Waals surface area (Å²) in [6.07, 6.45) is 70.0. The van der Waals surface area contributed by atoms with Crippen LogP contribution in [-0.4, -0.2) is 37.2 Å². The van der Waals surface area contributed by atoms with Gasteiger partial charge in [0.05, 0.1) is 0 Å². The summed E-state index contributed by atoms with van der Waals surface area (Å²) in [5.41, 5.74) is 0. The molecule has 0 amide bonds. The number of allylic oxidation sites excluding steroid dienone is 14. The number of rotatable bonds is 49. The van der Waals surface area contributed by atoms with E-state index in [0.717, 1.165) is 83.5 Å². The van der Waals surface area contributed by atoms with Gasteiger partial charge in [-0.1, -0.05) is 215 Å². The zero-order chi connectivity index (χ0) is 47.9. The molecule has 0 saturated heterocycles. The molecule has 0 fully saturated rings. The van der Waals surface area contributed by atoms with E-state index < -0.39 is 6.10 Å². The number of hydrogen-bond donors (Lipinski definition) is 0. The van der Waals surface area contributed by atoms with Crippen LogP contribution in [0.1, 0.15) is 258 Å². The summed E-state index contributed by atoms with van der Waals surface area (Å²) < 4.78 is 16.8. The topological polar surface area (TPSA) is 78.9 Å². The largest absolute Gasteiger partial charge is 0.462 e. The summed E-state index contributed by atoms with van der Waals surface area (Å²) in [6, 6.07) is 0. The molecule has 0 aliphatic carbocycles. The Kier molecular flexibility index (Phi) is 51.4. The van der Waals surface area contributed by atoms with Crippen molar-refractivity contribution in [2.75, 3.05) is 13.2 Å². The molecule has 6 nitrogen and oxygen atoms in total. The Morgan fingerprint density at radius 3 is 1.00 bits per heavy atom. The summed E-state index contributed by atoms with van der Waals surface area (Å²) in [4.78, 5) is 38.1. The highest BCUT2D eigenvalue weighted by Gasteiger charge is 2.19. The molecule has 0 N–H and O–H groups in total. The summed E-state index contributed by atoms with van der Waals surface area (Å²) >= 11 is 0. The minimum absolute atomic E-state index is 0.100. The Hall–Kier alpha value is -3.41. The van der Waals surface area contributed by atoms with Crippen molar-refractivity contribution in [3.05, 3.63) is 85.1 Å². The van der Waals surface area contributed by atoms with Gasteiger partial charge in [-0.05, 0) is 109 Å². The fraction of sp³-hybridized carbons (Fsp3) is 0.717. The first kappa shape index (κ1) is 62.6. The Morgan fingerprint density at radius 1 is 0.318 bits per heavy atom. The maximum atomic E-state index is 12.8. The summed E-state index contributed by atoms with van der Waals surface area (Å²) in [6.45, 7) is 6.46. The molecule has 0 spiro atoms. The minimum Gasteiger partial charge on any atom is -0.462 e. The second kappa shape index (κ2) is 54.2. The third-order valence-electron chi connectivity index (χ3n) is 11.6. The van der Waals surface area contributed by atoms with E-state index in [1.54, 1.807) is 0 Å². The molecule has 0 aromatic rings. The molecular weight excluding hydrogens is 817 g/mol. The lowest BCUT2D eigenvalue weighted by molar-refractivity contribution is -0.167. The van der Waals surface area contributed by atoms with Crippen molar-refractivity contribution in [3.8, 4) is 0 Å². The lowest BCUT2D eigenvalue weighted by Gasteiger charge is -2.18. The van der Waals surface area contributed by atoms with E-state index in [0.29, 0.717) is 19.3 Å². The first-order valence-corrected chi connectivity index (χ1v) is 27.6. The van der Waals surface area contributed by atoms with Gasteiger partial charge in [-0.3, -0.25) is 14.4 Å². The smallest absolute Gasteiger partial charge is 0.306 e. The van der Waals surface area contributed by atoms with Crippen LogP contribution in [0.5, 0.6) is 0 Å². The number of hydrogen-bond acceptors (Lipinski definition) is 6. The standard InChI is InChI=1S/C60H102O6/c1-4-7-10-13-16-19-22-25-28-30-32-35-38-41-44-47-50-53-59(62)65-56-57(55-64-58(61)52-49-46-43-40-37-34-27-24-21-18-15-12-9-6-3)66-60(63)54-51-48-45-42-39-36-33-31-29-26-23-20-17-14-11-8-5-2/h7,10,16,19,24-29,32,35,41,44,57H,4-6,8-9,11-15,17-18,20-23,30-31,33-34,36-40,42-43,45-56H2,1-3H3/b10-7+,19-16+,27-24+,28-25+,29-26+,35-32+,44-41+/t57-/m1/s1. The predicted octanol–water partition coefficient (Wildman–Crippen LogP) is 18.4. The van der Waals surface area contributed by atoms with E-state index in [1.165, 1.54) is 128 Å². The van der Waals surface area contributed by atoms with E-state index in [9.17, 15) is 14.4 Å². The van der Waals surface area contributed by atoms with E-state index in [-0.39, 0.29) is 37.5 Å². The van der Waals surface area contributed by atoms with Crippen molar-refractivity contribution in [3.63, 3.8) is 0 Å². The van der Waals surface area contributed by atoms with Crippen LogP contribution < -0.4 is 0 Å². The molecule has 0 aromatic carbocycles. The maximum absolute atomic E-state index is 12.8. The lowest BCUT2D eigenvalue weighted by atomic mass is 10.1. The third-order valence-corrected chi connectivity index (χ3v) is 11.6. The van der Waals surface area contributed by atoms with Crippen LogP contribution in [-0.2, 0) is 28.6 Å². The SMILES string of the molecule is CC/C=C/C/C=C/C/C=C/C/C=C/C/C=C/CCCC(=O)OC[C@@H](COC(=O)CCCCCCC/C=C/CCCCCCC)OC(=O)CCCCCCCCC/C=C/CCCCCCCC. The average Bonchev–Trinajstić information content (AvgIpc) is 3.31. The number of ether oxygens (including phenoxy) is 3. The van der Waals surface area contributed by atoms with Crippen LogP contribution in [0, 0.1) is 0 Å². The molecule has 6 heteroatoms. The third kappa shape index (κ3) is 51.6. The summed E-state index contributed by atoms with van der Waals surface area (Å²) in [5, 5.41) is 0. The van der Waals surface area contributed by atoms with Gasteiger partial charge in [0.15, 0.2) is 6.10 Å². The van der Waals surface area contributed by atoms with Crippen LogP contribution >= 0.6 is 0 Å². The van der Waals surface area contributed by atoms with Crippen molar-refractivity contribution in [2.24, 2.45) is 0 Å². The van der Waals surface area contributed by atoms with Gasteiger partial charge in [-0.25, -0.2) is 0 Å². The van der Waals surface area contributed by atoms with Crippen molar-refractivity contribution in [1.82, 2.24) is 0 Å². The molecule has 1 atom stereocenters. The number of unbranched alkanes of at least 4 members (excludes halogenated alkanes) is 24. The second-order valence-corrected chi connectivity index (χ2v) is 18.1. The molecule has 0 saturated carbocycles. The Bertz CT molecular complexity index is 1290. The molecule has 0 aromatic heterocycles. The van der Waals surface area contributed by atoms with Gasteiger partial charge in [0.25, 0.3) is 0 Å². The van der Waals surface area contributed by atoms with E-state index in [2.05, 4.69) is 106 Å². The Balaban J connectivity index is 4.49. The van der Waals surface area contributed by atoms with Crippen LogP contribution in [0.15, 0.2) is 85.1 Å². The molecular formula is C60H102O6. The van der Waals surface area contributed by atoms with Crippen LogP contribution in [0.3, 0.4) is 0 Å². The molecule has 0 unspecified atom stereocenters. The monoisotopic (exact) mass is 919 g/mol. The number of carbonyl (C=O) groups is 3. The molecule has 0 heterocycles. The predicted molar refractivity (Wildman–Crippen MR) is 284 cm³/mol. The van der Waals surface area contributed by atoms with Crippen LogP contribution in [0.4, 0.5) is 0 Å². The highest BCUT2D eigenvalue weighted by molar-refractivity contribution is 5.71. The Morgan fingerprint density at radius 2 is 0.606 bits per heavy atom. The maximum Gasteiger partial charge on any atom is 0.306 e.